The predicted octanol–water partition coefficient (Wildman–Crippen LogP) is 6.03. The summed E-state index contributed by atoms with van der Waals surface area (Å²) in [5, 5.41) is 0. The molecule has 0 bridgehead atoms. The van der Waals surface area contributed by atoms with E-state index in [1.54, 1.807) is 0 Å². The normalized spacial score (nSPS) is 11.4. The molecule has 0 saturated carbocycles. The van der Waals surface area contributed by atoms with E-state index in [9.17, 15) is 0 Å². The second-order valence-electron chi connectivity index (χ2n) is 6.14. The zero-order chi connectivity index (χ0) is 14.2. The van der Waals surface area contributed by atoms with Gasteiger partial charge in [-0.1, -0.05) is 90.9 Å². The summed E-state index contributed by atoms with van der Waals surface area (Å²) >= 11 is 0. The number of hydrogen-bond acceptors (Lipinski definition) is 1. The summed E-state index contributed by atoms with van der Waals surface area (Å²) in [7, 11) is 2.22. The molecule has 0 aromatic rings. The van der Waals surface area contributed by atoms with Crippen LogP contribution in [0.5, 0.6) is 0 Å². The molecular weight excluding hydrogens is 230 g/mol. The van der Waals surface area contributed by atoms with E-state index >= 15 is 0 Å². The summed E-state index contributed by atoms with van der Waals surface area (Å²) in [5.41, 5.74) is 0. The van der Waals surface area contributed by atoms with Gasteiger partial charge in [0.15, 0.2) is 0 Å². The smallest absolute Gasteiger partial charge is 0.00219 e. The summed E-state index contributed by atoms with van der Waals surface area (Å²) in [6.45, 7) is 7.01. The van der Waals surface area contributed by atoms with E-state index in [-0.39, 0.29) is 0 Å². The van der Waals surface area contributed by atoms with Gasteiger partial charge in [0.2, 0.25) is 0 Å². The average Bonchev–Trinajstić information content (AvgIpc) is 2.43. The van der Waals surface area contributed by atoms with E-state index in [4.69, 9.17) is 0 Å². The second-order valence-corrected chi connectivity index (χ2v) is 6.14. The molecule has 19 heavy (non-hydrogen) atoms. The standard InChI is InChI=1S/C18H39N/c1-4-6-7-8-9-10-11-12-13-14-15-16-17-18-19(3)5-2/h4-18H2,1-3H3. The maximum absolute atomic E-state index is 2.42. The van der Waals surface area contributed by atoms with Crippen molar-refractivity contribution < 1.29 is 0 Å². The number of rotatable bonds is 15. The molecule has 0 aliphatic carbocycles. The Bertz CT molecular complexity index is 156. The molecule has 0 saturated heterocycles. The molecule has 0 aromatic carbocycles. The van der Waals surface area contributed by atoms with Crippen LogP contribution in [-0.4, -0.2) is 25.0 Å². The van der Waals surface area contributed by atoms with Crippen molar-refractivity contribution in [3.63, 3.8) is 0 Å². The zero-order valence-electron chi connectivity index (χ0n) is 14.1. The largest absolute Gasteiger partial charge is 0.307 e. The lowest BCUT2D eigenvalue weighted by atomic mass is 10.0. The fraction of sp³-hybridized carbons (Fsp3) is 1.00. The van der Waals surface area contributed by atoms with Crippen LogP contribution in [0, 0.1) is 0 Å². The summed E-state index contributed by atoms with van der Waals surface area (Å²) in [6.07, 6.45) is 18.9. The van der Waals surface area contributed by atoms with Gasteiger partial charge in [-0.25, -0.2) is 0 Å². The van der Waals surface area contributed by atoms with Crippen LogP contribution in [-0.2, 0) is 0 Å². The molecule has 0 heterocycles. The monoisotopic (exact) mass is 269 g/mol. The minimum Gasteiger partial charge on any atom is -0.307 e. The number of unbranched alkanes of at least 4 members (excludes halogenated alkanes) is 12. The Morgan fingerprint density at radius 2 is 0.895 bits per heavy atom. The average molecular weight is 270 g/mol. The van der Waals surface area contributed by atoms with Crippen LogP contribution in [0.4, 0.5) is 0 Å². The Labute approximate surface area is 123 Å². The Balaban J connectivity index is 2.95. The molecule has 0 rings (SSSR count). The molecule has 0 fully saturated rings. The van der Waals surface area contributed by atoms with Crippen LogP contribution < -0.4 is 0 Å². The predicted molar refractivity (Wildman–Crippen MR) is 88.9 cm³/mol. The third-order valence-electron chi connectivity index (χ3n) is 4.18. The van der Waals surface area contributed by atoms with Gasteiger partial charge in [0, 0.05) is 0 Å². The first-order valence-corrected chi connectivity index (χ1v) is 8.99. The first kappa shape index (κ1) is 19.0. The quantitative estimate of drug-likeness (QED) is 0.328. The highest BCUT2D eigenvalue weighted by Gasteiger charge is 1.95. The molecule has 0 amide bonds. The van der Waals surface area contributed by atoms with E-state index < -0.39 is 0 Å². The molecule has 0 radical (unpaired) electrons. The SMILES string of the molecule is CCCCCCCCCCCCCCCN(C)CC. The molecule has 1 heteroatoms. The highest BCUT2D eigenvalue weighted by molar-refractivity contribution is 4.51. The summed E-state index contributed by atoms with van der Waals surface area (Å²) in [6, 6.07) is 0. The van der Waals surface area contributed by atoms with Crippen molar-refractivity contribution in [2.45, 2.75) is 97.3 Å². The Morgan fingerprint density at radius 3 is 1.26 bits per heavy atom. The lowest BCUT2D eigenvalue weighted by molar-refractivity contribution is 0.340. The third-order valence-corrected chi connectivity index (χ3v) is 4.18. The Kier molecular flexibility index (Phi) is 16.0. The van der Waals surface area contributed by atoms with Gasteiger partial charge in [0.25, 0.3) is 0 Å². The van der Waals surface area contributed by atoms with Gasteiger partial charge >= 0.3 is 0 Å². The van der Waals surface area contributed by atoms with Crippen molar-refractivity contribution in [2.24, 2.45) is 0 Å². The van der Waals surface area contributed by atoms with Gasteiger partial charge in [0.05, 0.1) is 0 Å². The molecule has 0 aliphatic heterocycles. The van der Waals surface area contributed by atoms with Crippen LogP contribution in [0.2, 0.25) is 0 Å². The molecule has 1 nitrogen and oxygen atoms in total. The molecule has 0 spiro atoms. The molecule has 0 aliphatic rings. The maximum atomic E-state index is 2.42. The topological polar surface area (TPSA) is 3.24 Å². The van der Waals surface area contributed by atoms with Gasteiger partial charge in [-0.2, -0.15) is 0 Å². The minimum atomic E-state index is 1.19. The van der Waals surface area contributed by atoms with E-state index in [2.05, 4.69) is 25.8 Å². The third kappa shape index (κ3) is 15.9. The minimum absolute atomic E-state index is 1.19. The summed E-state index contributed by atoms with van der Waals surface area (Å²) in [4.78, 5) is 2.42. The number of nitrogens with zero attached hydrogens (tertiary/aromatic N) is 1. The van der Waals surface area contributed by atoms with Crippen molar-refractivity contribution in [3.8, 4) is 0 Å². The first-order chi connectivity index (χ1) is 9.31. The van der Waals surface area contributed by atoms with Crippen molar-refractivity contribution in [3.05, 3.63) is 0 Å². The fourth-order valence-corrected chi connectivity index (χ4v) is 2.56. The Hall–Kier alpha value is -0.0400. The Morgan fingerprint density at radius 1 is 0.526 bits per heavy atom. The lowest BCUT2D eigenvalue weighted by Crippen LogP contribution is -2.18. The van der Waals surface area contributed by atoms with Crippen molar-refractivity contribution in [1.29, 1.82) is 0 Å². The summed E-state index contributed by atoms with van der Waals surface area (Å²) in [5.74, 6) is 0. The van der Waals surface area contributed by atoms with Gasteiger partial charge in [0.1, 0.15) is 0 Å². The lowest BCUT2D eigenvalue weighted by Gasteiger charge is -2.12. The van der Waals surface area contributed by atoms with E-state index in [0.29, 0.717) is 0 Å². The molecule has 116 valence electrons. The second kappa shape index (κ2) is 16.0. The van der Waals surface area contributed by atoms with Gasteiger partial charge in [-0.05, 0) is 26.6 Å². The number of hydrogen-bond donors (Lipinski definition) is 0. The molecule has 0 aromatic heterocycles. The van der Waals surface area contributed by atoms with Gasteiger partial charge < -0.3 is 4.90 Å². The first-order valence-electron chi connectivity index (χ1n) is 8.99. The van der Waals surface area contributed by atoms with Crippen LogP contribution in [0.15, 0.2) is 0 Å². The van der Waals surface area contributed by atoms with Crippen molar-refractivity contribution >= 4 is 0 Å². The fourth-order valence-electron chi connectivity index (χ4n) is 2.56. The maximum Gasteiger partial charge on any atom is -0.00219 e. The molecule has 0 unspecified atom stereocenters. The van der Waals surface area contributed by atoms with Gasteiger partial charge in [-0.15, -0.1) is 0 Å². The molecule has 0 N–H and O–H groups in total. The highest BCUT2D eigenvalue weighted by atomic mass is 15.1. The summed E-state index contributed by atoms with van der Waals surface area (Å²) < 4.78 is 0. The van der Waals surface area contributed by atoms with Crippen LogP contribution in [0.25, 0.3) is 0 Å². The van der Waals surface area contributed by atoms with E-state index in [1.165, 1.54) is 96.6 Å². The van der Waals surface area contributed by atoms with Crippen LogP contribution >= 0.6 is 0 Å². The highest BCUT2D eigenvalue weighted by Crippen LogP contribution is 2.12. The van der Waals surface area contributed by atoms with Crippen LogP contribution in [0.3, 0.4) is 0 Å². The molecular formula is C18H39N. The van der Waals surface area contributed by atoms with Gasteiger partial charge in [-0.3, -0.25) is 0 Å². The molecule has 0 atom stereocenters. The van der Waals surface area contributed by atoms with E-state index in [1.807, 2.05) is 0 Å². The van der Waals surface area contributed by atoms with E-state index in [0.717, 1.165) is 0 Å². The van der Waals surface area contributed by atoms with Crippen molar-refractivity contribution in [1.82, 2.24) is 4.90 Å². The zero-order valence-corrected chi connectivity index (χ0v) is 14.1. The van der Waals surface area contributed by atoms with Crippen LogP contribution in [0.1, 0.15) is 97.3 Å². The van der Waals surface area contributed by atoms with Crippen molar-refractivity contribution in [2.75, 3.05) is 20.1 Å².